The van der Waals surface area contributed by atoms with E-state index in [2.05, 4.69) is 32.2 Å². The van der Waals surface area contributed by atoms with Crippen LogP contribution in [0.5, 0.6) is 0 Å². The zero-order valence-corrected chi connectivity index (χ0v) is 15.6. The van der Waals surface area contributed by atoms with Crippen LogP contribution in [0.2, 0.25) is 0 Å². The van der Waals surface area contributed by atoms with Gasteiger partial charge in [-0.25, -0.2) is 0 Å². The molecule has 1 aliphatic heterocycles. The highest BCUT2D eigenvalue weighted by molar-refractivity contribution is 5.79. The van der Waals surface area contributed by atoms with Gasteiger partial charge in [0.2, 0.25) is 5.91 Å². The number of nitrogens with one attached hydrogen (secondary N) is 1. The summed E-state index contributed by atoms with van der Waals surface area (Å²) in [5.74, 6) is 3.38. The summed E-state index contributed by atoms with van der Waals surface area (Å²) in [6.45, 7) is 9.20. The first-order chi connectivity index (χ1) is 11.3. The summed E-state index contributed by atoms with van der Waals surface area (Å²) in [5.41, 5.74) is 1.65. The number of amides is 1. The van der Waals surface area contributed by atoms with Crippen LogP contribution in [0.25, 0.3) is 0 Å². The summed E-state index contributed by atoms with van der Waals surface area (Å²) in [5, 5.41) is 13.6. The molecule has 0 radical (unpaired) electrons. The molecule has 3 aliphatic carbocycles. The average Bonchev–Trinajstić information content (AvgIpc) is 2.78. The lowest BCUT2D eigenvalue weighted by atomic mass is 9.49. The highest BCUT2D eigenvalue weighted by atomic mass is 16.3. The molecule has 0 bridgehead atoms. The van der Waals surface area contributed by atoms with Crippen LogP contribution in [-0.2, 0) is 4.79 Å². The van der Waals surface area contributed by atoms with E-state index in [1.165, 1.54) is 25.0 Å². The molecule has 1 amide bonds. The zero-order chi connectivity index (χ0) is 17.3. The summed E-state index contributed by atoms with van der Waals surface area (Å²) in [6.07, 6.45) is 8.66. The summed E-state index contributed by atoms with van der Waals surface area (Å²) in [6, 6.07) is 0. The van der Waals surface area contributed by atoms with Crippen molar-refractivity contribution in [3.8, 4) is 0 Å². The van der Waals surface area contributed by atoms with Crippen molar-refractivity contribution in [1.82, 2.24) is 5.32 Å². The van der Waals surface area contributed by atoms with E-state index in [4.69, 9.17) is 0 Å². The third-order valence-electron chi connectivity index (χ3n) is 8.57. The first-order valence-corrected chi connectivity index (χ1v) is 9.96. The molecule has 1 heterocycles. The second-order valence-corrected chi connectivity index (χ2v) is 9.72. The Morgan fingerprint density at radius 3 is 2.75 bits per heavy atom. The van der Waals surface area contributed by atoms with Crippen molar-refractivity contribution in [2.75, 3.05) is 0 Å². The fourth-order valence-electron chi connectivity index (χ4n) is 7.62. The number of carbonyl (C=O) groups excluding carboxylic acids is 1. The number of aliphatic hydroxyl groups is 1. The van der Waals surface area contributed by atoms with Crippen LogP contribution >= 0.6 is 0 Å². The second kappa shape index (κ2) is 5.33. The fraction of sp³-hybridized carbons (Fsp3) is 0.857. The minimum atomic E-state index is -0.203. The Balaban J connectivity index is 1.68. The molecule has 2 N–H and O–H groups in total. The van der Waals surface area contributed by atoms with E-state index in [0.29, 0.717) is 24.2 Å². The Hall–Kier alpha value is -0.830. The Kier molecular flexibility index (Phi) is 3.69. The molecule has 0 unspecified atom stereocenters. The number of aliphatic hydroxyl groups excluding tert-OH is 1. The van der Waals surface area contributed by atoms with E-state index in [9.17, 15) is 9.90 Å². The number of carbonyl (C=O) groups is 1. The Labute approximate surface area is 146 Å². The largest absolute Gasteiger partial charge is 0.393 e. The highest BCUT2D eigenvalue weighted by Crippen LogP contribution is 2.66. The Bertz CT molecular complexity index is 582. The number of hydrogen-bond acceptors (Lipinski definition) is 2. The first-order valence-electron chi connectivity index (χ1n) is 9.96. The monoisotopic (exact) mass is 331 g/mol. The van der Waals surface area contributed by atoms with Gasteiger partial charge in [-0.2, -0.15) is 0 Å². The highest BCUT2D eigenvalue weighted by Gasteiger charge is 2.61. The molecule has 1 saturated heterocycles. The summed E-state index contributed by atoms with van der Waals surface area (Å²) in [7, 11) is 0. The molecule has 0 aromatic heterocycles. The summed E-state index contributed by atoms with van der Waals surface area (Å²) in [4.78, 5) is 11.8. The predicted molar refractivity (Wildman–Crippen MR) is 94.9 cm³/mol. The van der Waals surface area contributed by atoms with E-state index in [0.717, 1.165) is 24.7 Å². The van der Waals surface area contributed by atoms with E-state index >= 15 is 0 Å². The van der Waals surface area contributed by atoms with Crippen LogP contribution in [0.3, 0.4) is 0 Å². The summed E-state index contributed by atoms with van der Waals surface area (Å²) >= 11 is 0. The van der Waals surface area contributed by atoms with Crippen molar-refractivity contribution in [3.05, 3.63) is 11.8 Å². The lowest BCUT2D eigenvalue weighted by Gasteiger charge is -2.57. The third-order valence-corrected chi connectivity index (χ3v) is 8.57. The predicted octanol–water partition coefficient (Wildman–Crippen LogP) is 3.88. The number of rotatable bonds is 1. The van der Waals surface area contributed by atoms with Crippen LogP contribution in [0.4, 0.5) is 0 Å². The minimum Gasteiger partial charge on any atom is -0.393 e. The first kappa shape index (κ1) is 16.6. The van der Waals surface area contributed by atoms with Gasteiger partial charge in [0.05, 0.1) is 6.10 Å². The lowest BCUT2D eigenvalue weighted by Crippen LogP contribution is -2.53. The molecular formula is C21H33NO2. The van der Waals surface area contributed by atoms with Gasteiger partial charge in [0.25, 0.3) is 0 Å². The fourth-order valence-corrected chi connectivity index (χ4v) is 7.62. The van der Waals surface area contributed by atoms with Gasteiger partial charge in [-0.3, -0.25) is 4.79 Å². The van der Waals surface area contributed by atoms with Gasteiger partial charge in [0, 0.05) is 17.5 Å². The van der Waals surface area contributed by atoms with E-state index in [1.54, 1.807) is 0 Å². The lowest BCUT2D eigenvalue weighted by molar-refractivity contribution is -0.125. The third kappa shape index (κ3) is 2.09. The van der Waals surface area contributed by atoms with E-state index < -0.39 is 0 Å². The standard InChI is InChI=1S/C21H33NO2/c1-12-11-16-14-5-6-17-20(3,10-8-18(24)22-17)15(14)7-9-21(16,4)19(12)13(2)23/h6,12-16,19,23H,5,7-11H2,1-4H3,(H,22,24)/t12-,13-,14-,15+,16+,19-,20-,21+/m1/s1. The van der Waals surface area contributed by atoms with Gasteiger partial charge in [0.1, 0.15) is 0 Å². The van der Waals surface area contributed by atoms with Crippen LogP contribution in [-0.4, -0.2) is 17.1 Å². The molecule has 4 aliphatic rings. The van der Waals surface area contributed by atoms with Crippen LogP contribution < -0.4 is 5.32 Å². The van der Waals surface area contributed by atoms with Crippen molar-refractivity contribution in [3.63, 3.8) is 0 Å². The van der Waals surface area contributed by atoms with Gasteiger partial charge in [-0.15, -0.1) is 0 Å². The van der Waals surface area contributed by atoms with Gasteiger partial charge in [-0.1, -0.05) is 26.8 Å². The number of hydrogen-bond donors (Lipinski definition) is 2. The van der Waals surface area contributed by atoms with Crippen molar-refractivity contribution >= 4 is 5.91 Å². The Morgan fingerprint density at radius 1 is 1.29 bits per heavy atom. The van der Waals surface area contributed by atoms with Crippen molar-refractivity contribution in [2.24, 2.45) is 40.4 Å². The molecule has 4 rings (SSSR count). The van der Waals surface area contributed by atoms with E-state index in [-0.39, 0.29) is 22.8 Å². The van der Waals surface area contributed by atoms with Crippen LogP contribution in [0.15, 0.2) is 11.8 Å². The molecule has 0 aromatic rings. The smallest absolute Gasteiger partial charge is 0.224 e. The molecule has 2 saturated carbocycles. The van der Waals surface area contributed by atoms with Gasteiger partial charge < -0.3 is 10.4 Å². The molecule has 24 heavy (non-hydrogen) atoms. The molecular weight excluding hydrogens is 298 g/mol. The van der Waals surface area contributed by atoms with Crippen LogP contribution in [0.1, 0.15) is 66.2 Å². The Morgan fingerprint density at radius 2 is 2.04 bits per heavy atom. The quantitative estimate of drug-likeness (QED) is 0.766. The maximum absolute atomic E-state index is 11.8. The van der Waals surface area contributed by atoms with Gasteiger partial charge in [0.15, 0.2) is 0 Å². The maximum atomic E-state index is 11.8. The summed E-state index contributed by atoms with van der Waals surface area (Å²) < 4.78 is 0. The zero-order valence-electron chi connectivity index (χ0n) is 15.6. The maximum Gasteiger partial charge on any atom is 0.224 e. The number of allylic oxidation sites excluding steroid dienone is 2. The second-order valence-electron chi connectivity index (χ2n) is 9.72. The average molecular weight is 332 g/mol. The molecule has 8 atom stereocenters. The van der Waals surface area contributed by atoms with Crippen molar-refractivity contribution in [1.29, 1.82) is 0 Å². The van der Waals surface area contributed by atoms with Crippen molar-refractivity contribution in [2.45, 2.75) is 72.3 Å². The topological polar surface area (TPSA) is 49.3 Å². The minimum absolute atomic E-state index is 0.157. The number of piperidine rings is 1. The van der Waals surface area contributed by atoms with Gasteiger partial charge >= 0.3 is 0 Å². The van der Waals surface area contributed by atoms with E-state index in [1.807, 2.05) is 6.92 Å². The van der Waals surface area contributed by atoms with Gasteiger partial charge in [-0.05, 0) is 74.0 Å². The molecule has 3 nitrogen and oxygen atoms in total. The molecule has 134 valence electrons. The molecule has 0 spiro atoms. The molecule has 3 fully saturated rings. The normalized spacial score (nSPS) is 51.8. The van der Waals surface area contributed by atoms with Crippen molar-refractivity contribution < 1.29 is 9.90 Å². The molecule has 3 heteroatoms. The van der Waals surface area contributed by atoms with Crippen LogP contribution in [0, 0.1) is 40.4 Å². The molecule has 0 aromatic carbocycles. The number of fused-ring (bicyclic) bond motifs is 5. The SMILES string of the molecule is C[C@@H]1C[C@H]2[C@@H]3CC=C4NC(=O)CC[C@]4(C)[C@H]3CC[C@]2(C)[C@H]1[C@@H](C)O.